The molecule has 6 nitrogen and oxygen atoms in total. The third kappa shape index (κ3) is 5.74. The van der Waals surface area contributed by atoms with E-state index < -0.39 is 0 Å². The average molecular weight is 953 g/mol. The van der Waals surface area contributed by atoms with Gasteiger partial charge in [-0.3, -0.25) is 0 Å². The van der Waals surface area contributed by atoms with Crippen LogP contribution in [0.1, 0.15) is 47.9 Å². The SMILES string of the molecule is c1ccc(N2c3cc4c(cc3B3c5cccc6c5N(CCC6)c5cc(N6CCCc7ccccc76)cc2c53)B2c3cccc5c3N(CCC5)c3cc(N5CCCc6ccccc65)cc(c32)N4c2ccccc2)cc1. The number of hydrogen-bond donors (Lipinski definition) is 0. The van der Waals surface area contributed by atoms with Crippen molar-refractivity contribution >= 4 is 126 Å². The summed E-state index contributed by atoms with van der Waals surface area (Å²) in [4.78, 5) is 16.0. The van der Waals surface area contributed by atoms with Gasteiger partial charge in [-0.05, 0) is 173 Å². The van der Waals surface area contributed by atoms with E-state index >= 15 is 0 Å². The molecule has 9 aromatic carbocycles. The Labute approximate surface area is 434 Å². The second kappa shape index (κ2) is 15.7. The summed E-state index contributed by atoms with van der Waals surface area (Å²) in [6.45, 7) is 4.11. The van der Waals surface area contributed by atoms with Crippen molar-refractivity contribution < 1.29 is 0 Å². The largest absolute Gasteiger partial charge is 0.342 e. The summed E-state index contributed by atoms with van der Waals surface area (Å²) in [5.41, 5.74) is 32.6. The smallest absolute Gasteiger partial charge is 0.252 e. The van der Waals surface area contributed by atoms with Gasteiger partial charge in [0.05, 0.1) is 0 Å². The first-order valence-electron chi connectivity index (χ1n) is 27.5. The number of nitrogens with zero attached hydrogens (tertiary/aromatic N) is 6. The van der Waals surface area contributed by atoms with Gasteiger partial charge in [-0.1, -0.05) is 115 Å². The van der Waals surface area contributed by atoms with E-state index in [0.29, 0.717) is 0 Å². The Morgan fingerprint density at radius 1 is 0.270 bits per heavy atom. The molecule has 0 spiro atoms. The Kier molecular flexibility index (Phi) is 8.79. The Hall–Kier alpha value is -8.09. The third-order valence-electron chi connectivity index (χ3n) is 18.2. The molecule has 0 bridgehead atoms. The summed E-state index contributed by atoms with van der Waals surface area (Å²) in [5, 5.41) is 0. The monoisotopic (exact) mass is 952 g/mol. The Bertz CT molecular complexity index is 3590. The quantitative estimate of drug-likeness (QED) is 0.163. The summed E-state index contributed by atoms with van der Waals surface area (Å²) in [7, 11) is 0. The van der Waals surface area contributed by atoms with Gasteiger partial charge in [0.25, 0.3) is 13.4 Å². The van der Waals surface area contributed by atoms with Crippen molar-refractivity contribution in [3.05, 3.63) is 204 Å². The van der Waals surface area contributed by atoms with Crippen LogP contribution in [0, 0.1) is 0 Å². The van der Waals surface area contributed by atoms with E-state index in [1.54, 1.807) is 0 Å². The lowest BCUT2D eigenvalue weighted by Crippen LogP contribution is -2.66. The van der Waals surface area contributed by atoms with Crippen LogP contribution in [0.3, 0.4) is 0 Å². The van der Waals surface area contributed by atoms with Crippen molar-refractivity contribution in [2.75, 3.05) is 55.6 Å². The lowest BCUT2D eigenvalue weighted by molar-refractivity contribution is 0.762. The Morgan fingerprint density at radius 2 is 0.662 bits per heavy atom. The van der Waals surface area contributed by atoms with E-state index in [4.69, 9.17) is 0 Å². The van der Waals surface area contributed by atoms with Crippen LogP contribution in [-0.2, 0) is 25.7 Å². The number of rotatable bonds is 4. The van der Waals surface area contributed by atoms with Crippen molar-refractivity contribution in [3.8, 4) is 0 Å². The highest BCUT2D eigenvalue weighted by atomic mass is 15.2. The zero-order valence-corrected chi connectivity index (χ0v) is 41.6. The van der Waals surface area contributed by atoms with Crippen LogP contribution in [0.4, 0.5) is 79.6 Å². The molecule has 0 saturated heterocycles. The fourth-order valence-corrected chi connectivity index (χ4v) is 15.2. The van der Waals surface area contributed by atoms with Crippen molar-refractivity contribution in [1.29, 1.82) is 0 Å². The van der Waals surface area contributed by atoms with Crippen LogP contribution in [0.25, 0.3) is 0 Å². The van der Waals surface area contributed by atoms with Crippen LogP contribution < -0.4 is 62.2 Å². The van der Waals surface area contributed by atoms with Crippen LogP contribution in [0.15, 0.2) is 182 Å². The topological polar surface area (TPSA) is 19.4 Å². The normalized spacial score (nSPS) is 16.9. The molecule has 0 radical (unpaired) electrons. The standard InChI is InChI=1S/C66H54B2N6/c1-3-25-47(26-4-1)73-57-42-58-54(41-53(57)67-51-29-11-19-45-23-15-35-71(65(45)51)59-37-49(39-61(73)63(59)67)69-33-13-21-43-17-7-9-31-55(43)69)68-52-30-12-20-46-24-16-36-72(66(46)52)60-38-50(70-34-14-22-44-18-8-10-32-56(44)70)40-62(64(60)68)74(58)48-27-5-2-6-28-48/h1-12,17-20,25-32,37-42H,13-16,21-24,33-36H2. The van der Waals surface area contributed by atoms with E-state index in [9.17, 15) is 0 Å². The van der Waals surface area contributed by atoms with Crippen LogP contribution >= 0.6 is 0 Å². The molecule has 8 aliphatic rings. The van der Waals surface area contributed by atoms with Gasteiger partial charge < -0.3 is 29.4 Å². The molecule has 0 unspecified atom stereocenters. The van der Waals surface area contributed by atoms with Crippen LogP contribution in [0.5, 0.6) is 0 Å². The molecule has 8 heterocycles. The zero-order chi connectivity index (χ0) is 48.2. The molecule has 0 saturated carbocycles. The molecule has 354 valence electrons. The van der Waals surface area contributed by atoms with Gasteiger partial charge in [-0.25, -0.2) is 0 Å². The number of anilines is 14. The van der Waals surface area contributed by atoms with Gasteiger partial charge >= 0.3 is 0 Å². The number of benzene rings is 9. The molecule has 0 aromatic heterocycles. The maximum absolute atomic E-state index is 2.72. The lowest BCUT2D eigenvalue weighted by atomic mass is 9.30. The fourth-order valence-electron chi connectivity index (χ4n) is 15.2. The van der Waals surface area contributed by atoms with E-state index in [1.165, 1.54) is 135 Å². The van der Waals surface area contributed by atoms with Crippen molar-refractivity contribution in [1.82, 2.24) is 0 Å². The van der Waals surface area contributed by atoms with E-state index in [-0.39, 0.29) is 13.4 Å². The van der Waals surface area contributed by atoms with Crippen LogP contribution in [-0.4, -0.2) is 39.6 Å². The summed E-state index contributed by atoms with van der Waals surface area (Å²) in [5.74, 6) is 0. The molecule has 0 amide bonds. The molecular formula is C66H54B2N6. The molecule has 8 aliphatic heterocycles. The first-order chi connectivity index (χ1) is 36.7. The molecule has 0 fully saturated rings. The van der Waals surface area contributed by atoms with Crippen molar-refractivity contribution in [2.45, 2.75) is 51.4 Å². The first-order valence-corrected chi connectivity index (χ1v) is 27.5. The predicted molar refractivity (Wildman–Crippen MR) is 312 cm³/mol. The highest BCUT2D eigenvalue weighted by Gasteiger charge is 2.49. The second-order valence-corrected chi connectivity index (χ2v) is 22.0. The Morgan fingerprint density at radius 3 is 1.14 bits per heavy atom. The number of aryl methyl sites for hydroxylation is 4. The highest BCUT2D eigenvalue weighted by Crippen LogP contribution is 2.51. The Balaban J connectivity index is 0.976. The lowest BCUT2D eigenvalue weighted by Gasteiger charge is -2.49. The number of para-hydroxylation sites is 6. The number of fused-ring (bicyclic) bond motifs is 10. The second-order valence-electron chi connectivity index (χ2n) is 22.0. The van der Waals surface area contributed by atoms with Gasteiger partial charge in [0.15, 0.2) is 0 Å². The van der Waals surface area contributed by atoms with Gasteiger partial charge in [0.1, 0.15) is 0 Å². The average Bonchev–Trinajstić information content (AvgIpc) is 3.48. The van der Waals surface area contributed by atoms with Crippen LogP contribution in [0.2, 0.25) is 0 Å². The zero-order valence-electron chi connectivity index (χ0n) is 41.6. The molecule has 74 heavy (non-hydrogen) atoms. The van der Waals surface area contributed by atoms with Crippen molar-refractivity contribution in [2.24, 2.45) is 0 Å². The van der Waals surface area contributed by atoms with Gasteiger partial charge in [-0.2, -0.15) is 0 Å². The van der Waals surface area contributed by atoms with Crippen molar-refractivity contribution in [3.63, 3.8) is 0 Å². The third-order valence-corrected chi connectivity index (χ3v) is 18.2. The van der Waals surface area contributed by atoms with Gasteiger partial charge in [-0.15, -0.1) is 0 Å². The number of hydrogen-bond acceptors (Lipinski definition) is 6. The first kappa shape index (κ1) is 41.4. The summed E-state index contributed by atoms with van der Waals surface area (Å²) in [6.07, 6.45) is 8.99. The predicted octanol–water partition coefficient (Wildman–Crippen LogP) is 11.2. The maximum atomic E-state index is 2.72. The minimum Gasteiger partial charge on any atom is -0.342 e. The van der Waals surface area contributed by atoms with E-state index in [0.717, 1.165) is 77.5 Å². The van der Waals surface area contributed by atoms with Gasteiger partial charge in [0.2, 0.25) is 0 Å². The minimum absolute atomic E-state index is 0.0459. The highest BCUT2D eigenvalue weighted by molar-refractivity contribution is 7.03. The maximum Gasteiger partial charge on any atom is 0.252 e. The molecule has 9 aromatic rings. The van der Waals surface area contributed by atoms with E-state index in [1.807, 2.05) is 0 Å². The molecule has 0 N–H and O–H groups in total. The van der Waals surface area contributed by atoms with Gasteiger partial charge in [0, 0.05) is 106 Å². The molecule has 0 aliphatic carbocycles. The summed E-state index contributed by atoms with van der Waals surface area (Å²) < 4.78 is 0. The molecular weight excluding hydrogens is 898 g/mol. The molecule has 17 rings (SSSR count). The molecule has 0 atom stereocenters. The summed E-state index contributed by atoms with van der Waals surface area (Å²) >= 11 is 0. The van der Waals surface area contributed by atoms with E-state index in [2.05, 4.69) is 211 Å². The minimum atomic E-state index is 0.0459. The molecule has 8 heteroatoms. The summed E-state index contributed by atoms with van der Waals surface area (Å²) in [6, 6.07) is 70.9. The fraction of sp³-hybridized carbons (Fsp3) is 0.182.